The molecular weight excluding hydrogens is 236 g/mol. The molecule has 0 bridgehead atoms. The molecule has 0 aromatic carbocycles. The van der Waals surface area contributed by atoms with Gasteiger partial charge in [0, 0.05) is 11.5 Å². The lowest BCUT2D eigenvalue weighted by atomic mass is 10.6. The van der Waals surface area contributed by atoms with Crippen LogP contribution in [-0.4, -0.2) is 21.0 Å². The maximum Gasteiger partial charge on any atom is 0.331 e. The van der Waals surface area contributed by atoms with E-state index in [0.717, 1.165) is 22.8 Å². The van der Waals surface area contributed by atoms with Crippen molar-refractivity contribution in [3.8, 4) is 0 Å². The minimum Gasteiger partial charge on any atom is -0.463 e. The highest BCUT2D eigenvalue weighted by molar-refractivity contribution is 7.96. The van der Waals surface area contributed by atoms with E-state index in [1.54, 1.807) is 18.4 Å². The Bertz CT molecular complexity index is 442. The predicted octanol–water partition coefficient (Wildman–Crippen LogP) is 1.60. The molecule has 15 heavy (non-hydrogen) atoms. The van der Waals surface area contributed by atoms with Crippen molar-refractivity contribution in [3.63, 3.8) is 0 Å². The molecule has 0 unspecified atom stereocenters. The average Bonchev–Trinajstić information content (AvgIpc) is 2.69. The summed E-state index contributed by atoms with van der Waals surface area (Å²) in [6, 6.07) is 3.12. The molecule has 0 aliphatic rings. The zero-order valence-corrected chi connectivity index (χ0v) is 9.68. The highest BCUT2D eigenvalue weighted by Gasteiger charge is 2.11. The normalized spacial score (nSPS) is 11.8. The van der Waals surface area contributed by atoms with E-state index in [4.69, 9.17) is 0 Å². The van der Waals surface area contributed by atoms with E-state index in [1.807, 2.05) is 0 Å². The van der Waals surface area contributed by atoms with Gasteiger partial charge >= 0.3 is 5.97 Å². The standard InChI is InChI=1S/C9H10O4S2/c1-2-13-8(10)5-7-15(11,12)9-4-3-6-14-9/h3-7H,2H2,1H3/b7-5-. The molecule has 82 valence electrons. The molecule has 1 aromatic heterocycles. The summed E-state index contributed by atoms with van der Waals surface area (Å²) in [5, 5.41) is 2.52. The second kappa shape index (κ2) is 5.09. The molecule has 6 heteroatoms. The van der Waals surface area contributed by atoms with Crippen molar-refractivity contribution in [2.45, 2.75) is 11.1 Å². The Balaban J connectivity index is 2.78. The number of esters is 1. The van der Waals surface area contributed by atoms with Gasteiger partial charge in [-0.2, -0.15) is 0 Å². The van der Waals surface area contributed by atoms with E-state index in [-0.39, 0.29) is 10.8 Å². The smallest absolute Gasteiger partial charge is 0.331 e. The van der Waals surface area contributed by atoms with Crippen LogP contribution in [0.2, 0.25) is 0 Å². The molecule has 0 N–H and O–H groups in total. The van der Waals surface area contributed by atoms with Crippen molar-refractivity contribution in [1.29, 1.82) is 0 Å². The fraction of sp³-hybridized carbons (Fsp3) is 0.222. The van der Waals surface area contributed by atoms with Crippen molar-refractivity contribution < 1.29 is 17.9 Å². The summed E-state index contributed by atoms with van der Waals surface area (Å²) in [5.74, 6) is -0.655. The number of hydrogen-bond donors (Lipinski definition) is 0. The summed E-state index contributed by atoms with van der Waals surface area (Å²) in [6.07, 6.45) is 0.915. The Morgan fingerprint density at radius 3 is 2.87 bits per heavy atom. The highest BCUT2D eigenvalue weighted by Crippen LogP contribution is 2.18. The van der Waals surface area contributed by atoms with Gasteiger partial charge in [-0.15, -0.1) is 11.3 Å². The second-order valence-electron chi connectivity index (χ2n) is 2.53. The van der Waals surface area contributed by atoms with Crippen LogP contribution in [0.4, 0.5) is 0 Å². The maximum absolute atomic E-state index is 11.5. The van der Waals surface area contributed by atoms with Crippen molar-refractivity contribution in [1.82, 2.24) is 0 Å². The van der Waals surface area contributed by atoms with E-state index < -0.39 is 15.8 Å². The molecule has 0 aliphatic carbocycles. The second-order valence-corrected chi connectivity index (χ2v) is 5.54. The average molecular weight is 246 g/mol. The van der Waals surface area contributed by atoms with Gasteiger partial charge in [0.2, 0.25) is 9.84 Å². The molecule has 1 rings (SSSR count). The lowest BCUT2D eigenvalue weighted by Crippen LogP contribution is -2.01. The van der Waals surface area contributed by atoms with Crippen LogP contribution in [0, 0.1) is 0 Å². The van der Waals surface area contributed by atoms with Gasteiger partial charge in [-0.05, 0) is 18.4 Å². The maximum atomic E-state index is 11.5. The molecular formula is C9H10O4S2. The predicted molar refractivity (Wildman–Crippen MR) is 57.3 cm³/mol. The fourth-order valence-electron chi connectivity index (χ4n) is 0.828. The van der Waals surface area contributed by atoms with Crippen LogP contribution in [-0.2, 0) is 19.4 Å². The highest BCUT2D eigenvalue weighted by atomic mass is 32.2. The van der Waals surface area contributed by atoms with E-state index in [2.05, 4.69) is 4.74 Å². The third-order valence-corrected chi connectivity index (χ3v) is 4.28. The zero-order valence-electron chi connectivity index (χ0n) is 8.04. The molecule has 0 saturated heterocycles. The van der Waals surface area contributed by atoms with Crippen LogP contribution in [0.3, 0.4) is 0 Å². The number of ether oxygens (including phenoxy) is 1. The molecule has 0 spiro atoms. The third kappa shape index (κ3) is 3.49. The first kappa shape index (κ1) is 11.9. The minimum atomic E-state index is -3.49. The lowest BCUT2D eigenvalue weighted by molar-refractivity contribution is -0.137. The molecule has 0 aliphatic heterocycles. The third-order valence-electron chi connectivity index (χ3n) is 1.45. The first-order valence-corrected chi connectivity index (χ1v) is 6.62. The zero-order chi connectivity index (χ0) is 11.3. The van der Waals surface area contributed by atoms with Gasteiger partial charge in [-0.3, -0.25) is 0 Å². The quantitative estimate of drug-likeness (QED) is 0.598. The van der Waals surface area contributed by atoms with Gasteiger partial charge in [-0.25, -0.2) is 13.2 Å². The van der Waals surface area contributed by atoms with Crippen LogP contribution < -0.4 is 0 Å². The van der Waals surface area contributed by atoms with Crippen molar-refractivity contribution >= 4 is 27.1 Å². The lowest BCUT2D eigenvalue weighted by Gasteiger charge is -1.95. The minimum absolute atomic E-state index is 0.211. The van der Waals surface area contributed by atoms with E-state index in [0.29, 0.717) is 0 Å². The molecule has 1 aromatic rings. The van der Waals surface area contributed by atoms with Crippen molar-refractivity contribution in [3.05, 3.63) is 29.0 Å². The Labute approximate surface area is 92.1 Å². The van der Waals surface area contributed by atoms with E-state index in [1.165, 1.54) is 6.07 Å². The first-order chi connectivity index (χ1) is 7.06. The number of sulfone groups is 1. The van der Waals surface area contributed by atoms with Gasteiger partial charge in [-0.1, -0.05) is 6.07 Å². The molecule has 1 heterocycles. The Kier molecular flexibility index (Phi) is 4.05. The number of hydrogen-bond acceptors (Lipinski definition) is 5. The van der Waals surface area contributed by atoms with Crippen LogP contribution in [0.1, 0.15) is 6.92 Å². The summed E-state index contributed by atoms with van der Waals surface area (Å²) < 4.78 is 27.8. The van der Waals surface area contributed by atoms with Crippen LogP contribution >= 0.6 is 11.3 Å². The monoisotopic (exact) mass is 246 g/mol. The van der Waals surface area contributed by atoms with Gasteiger partial charge in [0.1, 0.15) is 4.21 Å². The number of thiophene rings is 1. The molecule has 4 nitrogen and oxygen atoms in total. The Morgan fingerprint density at radius 2 is 2.33 bits per heavy atom. The van der Waals surface area contributed by atoms with Crippen LogP contribution in [0.25, 0.3) is 0 Å². The van der Waals surface area contributed by atoms with Gasteiger partial charge in [0.25, 0.3) is 0 Å². The number of carbonyl (C=O) groups is 1. The Hall–Kier alpha value is -1.14. The number of rotatable bonds is 4. The largest absolute Gasteiger partial charge is 0.463 e. The SMILES string of the molecule is CCOC(=O)/C=C\S(=O)(=O)c1cccs1. The molecule has 0 atom stereocenters. The summed E-state index contributed by atoms with van der Waals surface area (Å²) in [5.41, 5.74) is 0. The molecule has 0 fully saturated rings. The van der Waals surface area contributed by atoms with E-state index >= 15 is 0 Å². The van der Waals surface area contributed by atoms with Crippen LogP contribution in [0.5, 0.6) is 0 Å². The van der Waals surface area contributed by atoms with Crippen molar-refractivity contribution in [2.24, 2.45) is 0 Å². The molecule has 0 saturated carbocycles. The van der Waals surface area contributed by atoms with Crippen LogP contribution in [0.15, 0.2) is 33.2 Å². The Morgan fingerprint density at radius 1 is 1.60 bits per heavy atom. The van der Waals surface area contributed by atoms with Gasteiger partial charge in [0.05, 0.1) is 6.61 Å². The summed E-state index contributed by atoms with van der Waals surface area (Å²) in [4.78, 5) is 10.9. The van der Waals surface area contributed by atoms with Gasteiger partial charge in [0.15, 0.2) is 0 Å². The fourth-order valence-corrected chi connectivity index (χ4v) is 2.84. The van der Waals surface area contributed by atoms with E-state index in [9.17, 15) is 13.2 Å². The summed E-state index contributed by atoms with van der Waals surface area (Å²) >= 11 is 1.10. The summed E-state index contributed by atoms with van der Waals surface area (Å²) in [6.45, 7) is 1.88. The van der Waals surface area contributed by atoms with Crippen molar-refractivity contribution in [2.75, 3.05) is 6.61 Å². The number of carbonyl (C=O) groups excluding carboxylic acids is 1. The summed E-state index contributed by atoms with van der Waals surface area (Å²) in [7, 11) is -3.49. The first-order valence-electron chi connectivity index (χ1n) is 4.19. The van der Waals surface area contributed by atoms with Gasteiger partial charge < -0.3 is 4.74 Å². The topological polar surface area (TPSA) is 60.4 Å². The molecule has 0 amide bonds. The molecule has 0 radical (unpaired) electrons.